The van der Waals surface area contributed by atoms with Gasteiger partial charge in [0.05, 0.1) is 5.39 Å². The molecule has 0 aliphatic heterocycles. The summed E-state index contributed by atoms with van der Waals surface area (Å²) in [5, 5.41) is 4.57. The fourth-order valence-electron chi connectivity index (χ4n) is 3.68. The maximum atomic E-state index is 4.58. The standard InChI is InChI=1S/C25H19BrN4S/c1-16-22(19-4-6-20(26)7-5-19)23-24(28-15-29-25(23)31-16)30-21-8-2-17(3-9-21)14-18-10-12-27-13-11-18/h2-13,15H,14H2,1H3,(H,28,29,30). The second-order valence-corrected chi connectivity index (χ2v) is 9.42. The molecule has 0 atom stereocenters. The summed E-state index contributed by atoms with van der Waals surface area (Å²) in [4.78, 5) is 15.4. The number of aryl methyl sites for hydroxylation is 1. The summed E-state index contributed by atoms with van der Waals surface area (Å²) in [6.45, 7) is 2.14. The molecule has 3 heterocycles. The number of hydrogen-bond acceptors (Lipinski definition) is 5. The molecule has 2 aromatic carbocycles. The molecule has 31 heavy (non-hydrogen) atoms. The van der Waals surface area contributed by atoms with E-state index in [1.807, 2.05) is 24.5 Å². The Kier molecular flexibility index (Phi) is 5.49. The van der Waals surface area contributed by atoms with Gasteiger partial charge >= 0.3 is 0 Å². The first kappa shape index (κ1) is 19.8. The first-order valence-electron chi connectivity index (χ1n) is 9.92. The average Bonchev–Trinajstić information content (AvgIpc) is 3.13. The van der Waals surface area contributed by atoms with Gasteiger partial charge in [0.1, 0.15) is 17.0 Å². The maximum absolute atomic E-state index is 4.58. The van der Waals surface area contributed by atoms with E-state index in [9.17, 15) is 0 Å². The maximum Gasteiger partial charge on any atom is 0.143 e. The molecule has 0 aliphatic carbocycles. The normalized spacial score (nSPS) is 11.0. The topological polar surface area (TPSA) is 50.7 Å². The number of nitrogens with one attached hydrogen (secondary N) is 1. The van der Waals surface area contributed by atoms with Crippen LogP contribution in [0.25, 0.3) is 21.3 Å². The van der Waals surface area contributed by atoms with Gasteiger partial charge < -0.3 is 5.32 Å². The van der Waals surface area contributed by atoms with Crippen molar-refractivity contribution in [3.05, 3.63) is 99.9 Å². The quantitative estimate of drug-likeness (QED) is 0.286. The zero-order valence-corrected chi connectivity index (χ0v) is 19.2. The van der Waals surface area contributed by atoms with Crippen LogP contribution in [0.1, 0.15) is 16.0 Å². The summed E-state index contributed by atoms with van der Waals surface area (Å²) in [6, 6.07) is 21.0. The van der Waals surface area contributed by atoms with Crippen LogP contribution in [0.15, 0.2) is 83.9 Å². The molecule has 5 aromatic rings. The van der Waals surface area contributed by atoms with Crippen LogP contribution in [0.3, 0.4) is 0 Å². The number of pyridine rings is 1. The Morgan fingerprint density at radius 3 is 2.32 bits per heavy atom. The van der Waals surface area contributed by atoms with Crippen LogP contribution in [0, 0.1) is 6.92 Å². The number of rotatable bonds is 5. The second-order valence-electron chi connectivity index (χ2n) is 7.30. The van der Waals surface area contributed by atoms with Crippen LogP contribution in [0.4, 0.5) is 11.5 Å². The number of benzene rings is 2. The molecule has 0 spiro atoms. The third-order valence-electron chi connectivity index (χ3n) is 5.17. The Morgan fingerprint density at radius 2 is 1.58 bits per heavy atom. The van der Waals surface area contributed by atoms with E-state index in [0.717, 1.165) is 38.2 Å². The van der Waals surface area contributed by atoms with Gasteiger partial charge in [-0.2, -0.15) is 0 Å². The SMILES string of the molecule is Cc1sc2ncnc(Nc3ccc(Cc4ccncc4)cc3)c2c1-c1ccc(Br)cc1. The van der Waals surface area contributed by atoms with Gasteiger partial charge in [0.2, 0.25) is 0 Å². The number of thiophene rings is 1. The number of aromatic nitrogens is 3. The predicted octanol–water partition coefficient (Wildman–Crippen LogP) is 7.16. The van der Waals surface area contributed by atoms with E-state index in [4.69, 9.17) is 0 Å². The Hall–Kier alpha value is -3.09. The molecule has 0 bridgehead atoms. The minimum absolute atomic E-state index is 0.828. The van der Waals surface area contributed by atoms with Crippen LogP contribution in [-0.2, 0) is 6.42 Å². The summed E-state index contributed by atoms with van der Waals surface area (Å²) in [6.07, 6.45) is 6.18. The number of nitrogens with zero attached hydrogens (tertiary/aromatic N) is 3. The van der Waals surface area contributed by atoms with Crippen LogP contribution >= 0.6 is 27.3 Å². The Morgan fingerprint density at radius 1 is 0.871 bits per heavy atom. The van der Waals surface area contributed by atoms with E-state index < -0.39 is 0 Å². The van der Waals surface area contributed by atoms with Crippen molar-refractivity contribution in [3.8, 4) is 11.1 Å². The zero-order valence-electron chi connectivity index (χ0n) is 16.8. The van der Waals surface area contributed by atoms with Gasteiger partial charge in [0, 0.05) is 33.0 Å². The van der Waals surface area contributed by atoms with Gasteiger partial charge in [-0.15, -0.1) is 11.3 Å². The third kappa shape index (κ3) is 4.22. The molecule has 0 saturated heterocycles. The number of anilines is 2. The van der Waals surface area contributed by atoms with Crippen LogP contribution in [0.2, 0.25) is 0 Å². The fraction of sp³-hybridized carbons (Fsp3) is 0.0800. The highest BCUT2D eigenvalue weighted by Gasteiger charge is 2.17. The van der Waals surface area contributed by atoms with E-state index in [-0.39, 0.29) is 0 Å². The fourth-order valence-corrected chi connectivity index (χ4v) is 4.96. The number of halogens is 1. The zero-order chi connectivity index (χ0) is 21.2. The van der Waals surface area contributed by atoms with Gasteiger partial charge in [-0.05, 0) is 66.4 Å². The molecule has 0 unspecified atom stereocenters. The molecule has 0 amide bonds. The van der Waals surface area contributed by atoms with Crippen molar-refractivity contribution in [1.82, 2.24) is 15.0 Å². The first-order chi connectivity index (χ1) is 15.2. The van der Waals surface area contributed by atoms with Crippen molar-refractivity contribution in [2.45, 2.75) is 13.3 Å². The summed E-state index contributed by atoms with van der Waals surface area (Å²) in [5.74, 6) is 0.828. The molecular weight excluding hydrogens is 468 g/mol. The Bertz CT molecular complexity index is 1330. The summed E-state index contributed by atoms with van der Waals surface area (Å²) >= 11 is 5.22. The lowest BCUT2D eigenvalue weighted by Gasteiger charge is -2.10. The number of hydrogen-bond donors (Lipinski definition) is 1. The van der Waals surface area contributed by atoms with Crippen molar-refractivity contribution in [2.75, 3.05) is 5.32 Å². The lowest BCUT2D eigenvalue weighted by Crippen LogP contribution is -1.96. The van der Waals surface area contributed by atoms with Crippen molar-refractivity contribution in [1.29, 1.82) is 0 Å². The highest BCUT2D eigenvalue weighted by Crippen LogP contribution is 2.41. The van der Waals surface area contributed by atoms with E-state index in [1.54, 1.807) is 17.7 Å². The van der Waals surface area contributed by atoms with Crippen molar-refractivity contribution in [3.63, 3.8) is 0 Å². The molecule has 0 radical (unpaired) electrons. The molecule has 5 rings (SSSR count). The summed E-state index contributed by atoms with van der Waals surface area (Å²) in [7, 11) is 0. The van der Waals surface area contributed by atoms with Crippen LogP contribution < -0.4 is 5.32 Å². The summed E-state index contributed by atoms with van der Waals surface area (Å²) in [5.41, 5.74) is 5.86. The third-order valence-corrected chi connectivity index (χ3v) is 6.71. The molecule has 3 aromatic heterocycles. The van der Waals surface area contributed by atoms with Gasteiger partial charge in [-0.1, -0.05) is 40.2 Å². The van der Waals surface area contributed by atoms with Crippen molar-refractivity contribution < 1.29 is 0 Å². The molecule has 1 N–H and O–H groups in total. The highest BCUT2D eigenvalue weighted by molar-refractivity contribution is 9.10. The molecule has 152 valence electrons. The smallest absolute Gasteiger partial charge is 0.143 e. The minimum atomic E-state index is 0.828. The lowest BCUT2D eigenvalue weighted by molar-refractivity contribution is 1.16. The molecule has 0 saturated carbocycles. The monoisotopic (exact) mass is 486 g/mol. The average molecular weight is 487 g/mol. The van der Waals surface area contributed by atoms with Crippen molar-refractivity contribution in [2.24, 2.45) is 0 Å². The molecule has 6 heteroatoms. The Labute approximate surface area is 193 Å². The largest absolute Gasteiger partial charge is 0.340 e. The van der Waals surface area contributed by atoms with E-state index in [0.29, 0.717) is 0 Å². The van der Waals surface area contributed by atoms with Crippen LogP contribution in [0.5, 0.6) is 0 Å². The van der Waals surface area contributed by atoms with E-state index in [1.165, 1.54) is 21.6 Å². The minimum Gasteiger partial charge on any atom is -0.340 e. The molecular formula is C25H19BrN4S. The molecule has 0 fully saturated rings. The van der Waals surface area contributed by atoms with Gasteiger partial charge in [-0.3, -0.25) is 4.98 Å². The van der Waals surface area contributed by atoms with E-state index >= 15 is 0 Å². The predicted molar refractivity (Wildman–Crippen MR) is 132 cm³/mol. The first-order valence-corrected chi connectivity index (χ1v) is 11.5. The lowest BCUT2D eigenvalue weighted by atomic mass is 10.0. The van der Waals surface area contributed by atoms with Crippen molar-refractivity contribution >= 4 is 49.0 Å². The highest BCUT2D eigenvalue weighted by atomic mass is 79.9. The Balaban J connectivity index is 1.47. The summed E-state index contributed by atoms with van der Waals surface area (Å²) < 4.78 is 1.06. The molecule has 4 nitrogen and oxygen atoms in total. The number of fused-ring (bicyclic) bond motifs is 1. The van der Waals surface area contributed by atoms with Crippen LogP contribution in [-0.4, -0.2) is 15.0 Å². The van der Waals surface area contributed by atoms with Gasteiger partial charge in [0.25, 0.3) is 0 Å². The van der Waals surface area contributed by atoms with Gasteiger partial charge in [-0.25, -0.2) is 9.97 Å². The molecule has 0 aliphatic rings. The van der Waals surface area contributed by atoms with E-state index in [2.05, 4.69) is 91.7 Å². The van der Waals surface area contributed by atoms with Gasteiger partial charge in [0.15, 0.2) is 0 Å². The second kappa shape index (κ2) is 8.57.